The van der Waals surface area contributed by atoms with Gasteiger partial charge in [0.05, 0.1) is 22.9 Å². The van der Waals surface area contributed by atoms with Crippen LogP contribution in [0.15, 0.2) is 18.2 Å². The van der Waals surface area contributed by atoms with E-state index in [1.807, 2.05) is 4.90 Å². The number of aliphatic hydroxyl groups is 1. The van der Waals surface area contributed by atoms with Crippen LogP contribution in [0.3, 0.4) is 0 Å². The molecule has 3 N–H and O–H groups in total. The van der Waals surface area contributed by atoms with Crippen molar-refractivity contribution in [1.82, 2.24) is 0 Å². The minimum atomic E-state index is -0.465. The van der Waals surface area contributed by atoms with Crippen LogP contribution in [-0.4, -0.2) is 29.2 Å². The molecule has 0 heterocycles. The van der Waals surface area contributed by atoms with Crippen LogP contribution in [0.5, 0.6) is 0 Å². The number of nitro groups is 1. The summed E-state index contributed by atoms with van der Waals surface area (Å²) in [5.41, 5.74) is 7.00. The molecule has 0 aromatic heterocycles. The number of rotatable bonds is 7. The van der Waals surface area contributed by atoms with Gasteiger partial charge in [-0.3, -0.25) is 10.1 Å². The van der Waals surface area contributed by atoms with Gasteiger partial charge in [-0.15, -0.1) is 0 Å². The molecule has 0 bridgehead atoms. The van der Waals surface area contributed by atoms with Crippen molar-refractivity contribution in [3.63, 3.8) is 0 Å². The van der Waals surface area contributed by atoms with E-state index in [4.69, 9.17) is 5.73 Å². The summed E-state index contributed by atoms with van der Waals surface area (Å²) >= 11 is 0. The fourth-order valence-electron chi connectivity index (χ4n) is 2.25. The lowest BCUT2D eigenvalue weighted by molar-refractivity contribution is -0.384. The summed E-state index contributed by atoms with van der Waals surface area (Å²) in [6.45, 7) is 4.63. The van der Waals surface area contributed by atoms with Gasteiger partial charge >= 0.3 is 0 Å². The highest BCUT2D eigenvalue weighted by Crippen LogP contribution is 2.30. The van der Waals surface area contributed by atoms with Crippen molar-refractivity contribution < 1.29 is 10.0 Å². The second-order valence-electron chi connectivity index (χ2n) is 4.39. The maximum Gasteiger partial charge on any atom is 0.271 e. The second kappa shape index (κ2) is 6.94. The first kappa shape index (κ1) is 15.2. The van der Waals surface area contributed by atoms with E-state index < -0.39 is 4.92 Å². The molecule has 0 atom stereocenters. The van der Waals surface area contributed by atoms with Gasteiger partial charge < -0.3 is 15.7 Å². The van der Waals surface area contributed by atoms with E-state index in [2.05, 4.69) is 13.8 Å². The van der Waals surface area contributed by atoms with E-state index in [1.54, 1.807) is 6.07 Å². The largest absolute Gasteiger partial charge is 0.397 e. The first-order valence-corrected chi connectivity index (χ1v) is 6.46. The first-order valence-electron chi connectivity index (χ1n) is 6.46. The average Bonchev–Trinajstić information content (AvgIpc) is 2.39. The van der Waals surface area contributed by atoms with Crippen LogP contribution in [0.4, 0.5) is 17.1 Å². The van der Waals surface area contributed by atoms with Crippen molar-refractivity contribution in [3.8, 4) is 0 Å². The fourth-order valence-corrected chi connectivity index (χ4v) is 2.25. The number of benzene rings is 1. The first-order chi connectivity index (χ1) is 9.04. The average molecular weight is 267 g/mol. The molecule has 1 rings (SSSR count). The Kier molecular flexibility index (Phi) is 5.57. The molecule has 6 heteroatoms. The number of nitro benzene ring substituents is 1. The summed E-state index contributed by atoms with van der Waals surface area (Å²) < 4.78 is 0. The molecule has 0 aliphatic rings. The summed E-state index contributed by atoms with van der Waals surface area (Å²) in [6, 6.07) is 4.72. The van der Waals surface area contributed by atoms with Crippen LogP contribution in [-0.2, 0) is 0 Å². The van der Waals surface area contributed by atoms with Crippen molar-refractivity contribution in [2.24, 2.45) is 0 Å². The zero-order valence-corrected chi connectivity index (χ0v) is 11.4. The molecule has 0 radical (unpaired) electrons. The third-order valence-corrected chi connectivity index (χ3v) is 3.26. The Balaban J connectivity index is 3.12. The predicted molar refractivity (Wildman–Crippen MR) is 76.3 cm³/mol. The van der Waals surface area contributed by atoms with E-state index in [9.17, 15) is 15.2 Å². The lowest BCUT2D eigenvalue weighted by atomic mass is 10.1. The minimum Gasteiger partial charge on any atom is -0.397 e. The Bertz CT molecular complexity index is 433. The molecule has 0 aliphatic heterocycles. The Morgan fingerprint density at radius 2 is 2.05 bits per heavy atom. The lowest BCUT2D eigenvalue weighted by Crippen LogP contribution is -2.37. The van der Waals surface area contributed by atoms with Crippen molar-refractivity contribution in [2.45, 2.75) is 32.7 Å². The van der Waals surface area contributed by atoms with Crippen LogP contribution in [0, 0.1) is 10.1 Å². The van der Waals surface area contributed by atoms with Crippen molar-refractivity contribution in [2.75, 3.05) is 23.8 Å². The van der Waals surface area contributed by atoms with Gasteiger partial charge in [0.2, 0.25) is 0 Å². The quantitative estimate of drug-likeness (QED) is 0.448. The van der Waals surface area contributed by atoms with Crippen LogP contribution in [0.2, 0.25) is 0 Å². The second-order valence-corrected chi connectivity index (χ2v) is 4.39. The van der Waals surface area contributed by atoms with E-state index in [0.29, 0.717) is 12.2 Å². The molecule has 106 valence electrons. The molecule has 0 spiro atoms. The van der Waals surface area contributed by atoms with Gasteiger partial charge in [0.15, 0.2) is 0 Å². The summed E-state index contributed by atoms with van der Waals surface area (Å²) in [7, 11) is 0. The topological polar surface area (TPSA) is 92.6 Å². The molecule has 1 aromatic rings. The summed E-state index contributed by atoms with van der Waals surface area (Å²) in [6.07, 6.45) is 1.85. The third kappa shape index (κ3) is 3.57. The van der Waals surface area contributed by atoms with E-state index in [0.717, 1.165) is 18.5 Å². The van der Waals surface area contributed by atoms with Gasteiger partial charge in [0.1, 0.15) is 0 Å². The third-order valence-electron chi connectivity index (χ3n) is 3.26. The minimum absolute atomic E-state index is 0.0188. The van der Waals surface area contributed by atoms with Gasteiger partial charge in [0, 0.05) is 24.7 Å². The number of hydrogen-bond donors (Lipinski definition) is 2. The Morgan fingerprint density at radius 1 is 1.42 bits per heavy atom. The van der Waals surface area contributed by atoms with Gasteiger partial charge in [-0.25, -0.2) is 0 Å². The molecule has 6 nitrogen and oxygen atoms in total. The Morgan fingerprint density at radius 3 is 2.47 bits per heavy atom. The van der Waals surface area contributed by atoms with Crippen LogP contribution in [0.1, 0.15) is 26.7 Å². The summed E-state index contributed by atoms with van der Waals surface area (Å²) in [5, 5.41) is 19.9. The van der Waals surface area contributed by atoms with Crippen LogP contribution >= 0.6 is 0 Å². The lowest BCUT2D eigenvalue weighted by Gasteiger charge is -2.33. The molecule has 0 fully saturated rings. The summed E-state index contributed by atoms with van der Waals surface area (Å²) in [4.78, 5) is 12.3. The van der Waals surface area contributed by atoms with Gasteiger partial charge in [-0.05, 0) is 18.9 Å². The number of non-ortho nitro benzene ring substituents is 1. The highest BCUT2D eigenvalue weighted by molar-refractivity contribution is 5.71. The predicted octanol–water partition coefficient (Wildman–Crippen LogP) is 2.16. The molecule has 0 unspecified atom stereocenters. The maximum atomic E-state index is 10.7. The molecule has 0 saturated heterocycles. The number of hydrogen-bond acceptors (Lipinski definition) is 5. The van der Waals surface area contributed by atoms with E-state index >= 15 is 0 Å². The Labute approximate surface area is 113 Å². The summed E-state index contributed by atoms with van der Waals surface area (Å²) in [5.74, 6) is 0. The number of anilines is 2. The van der Waals surface area contributed by atoms with E-state index in [1.165, 1.54) is 12.1 Å². The monoisotopic (exact) mass is 267 g/mol. The number of nitrogens with zero attached hydrogens (tertiary/aromatic N) is 2. The van der Waals surface area contributed by atoms with E-state index in [-0.39, 0.29) is 18.3 Å². The molecule has 0 amide bonds. The highest BCUT2D eigenvalue weighted by Gasteiger charge is 2.19. The molecule has 1 aromatic carbocycles. The zero-order chi connectivity index (χ0) is 14.4. The Hall–Kier alpha value is -1.82. The zero-order valence-electron chi connectivity index (χ0n) is 11.4. The molecule has 19 heavy (non-hydrogen) atoms. The fraction of sp³-hybridized carbons (Fsp3) is 0.538. The normalized spacial score (nSPS) is 10.7. The molecule has 0 saturated carbocycles. The van der Waals surface area contributed by atoms with Gasteiger partial charge in [-0.2, -0.15) is 0 Å². The van der Waals surface area contributed by atoms with Gasteiger partial charge in [-0.1, -0.05) is 13.8 Å². The smallest absolute Gasteiger partial charge is 0.271 e. The van der Waals surface area contributed by atoms with Crippen molar-refractivity contribution in [3.05, 3.63) is 28.3 Å². The molecular formula is C13H21N3O3. The maximum absolute atomic E-state index is 10.7. The number of aliphatic hydroxyl groups excluding tert-OH is 1. The molecular weight excluding hydrogens is 246 g/mol. The van der Waals surface area contributed by atoms with Crippen LogP contribution in [0.25, 0.3) is 0 Å². The van der Waals surface area contributed by atoms with Crippen LogP contribution < -0.4 is 10.6 Å². The highest BCUT2D eigenvalue weighted by atomic mass is 16.6. The SMILES string of the molecule is CCC(CC)N(CCO)c1ccc([N+](=O)[O-])cc1N. The standard InChI is InChI=1S/C13H21N3O3/c1-3-10(4-2)15(7-8-17)13-6-5-11(16(18)19)9-12(13)14/h5-6,9-10,17H,3-4,7-8,14H2,1-2H3. The van der Waals surface area contributed by atoms with Gasteiger partial charge in [0.25, 0.3) is 5.69 Å². The number of nitrogens with two attached hydrogens (primary N) is 1. The van der Waals surface area contributed by atoms with Crippen molar-refractivity contribution in [1.29, 1.82) is 0 Å². The van der Waals surface area contributed by atoms with Crippen molar-refractivity contribution >= 4 is 17.1 Å². The molecule has 0 aliphatic carbocycles. The number of nitrogen functional groups attached to an aromatic ring is 1.